The number of hydrogen-bond acceptors (Lipinski definition) is 5. The lowest BCUT2D eigenvalue weighted by Gasteiger charge is -2.23. The van der Waals surface area contributed by atoms with Crippen LogP contribution in [0.1, 0.15) is 5.56 Å². The van der Waals surface area contributed by atoms with Gasteiger partial charge in [-0.15, -0.1) is 5.06 Å². The molecule has 22 heavy (non-hydrogen) atoms. The Kier molecular flexibility index (Phi) is 5.36. The van der Waals surface area contributed by atoms with Gasteiger partial charge in [0, 0.05) is 25.7 Å². The van der Waals surface area contributed by atoms with Gasteiger partial charge in [0.25, 0.3) is 0 Å². The number of nitrogens with one attached hydrogen (secondary N) is 1. The van der Waals surface area contributed by atoms with E-state index in [4.69, 9.17) is 14.3 Å². The van der Waals surface area contributed by atoms with Crippen molar-refractivity contribution in [3.05, 3.63) is 40.1 Å². The highest BCUT2D eigenvalue weighted by atomic mass is 79.9. The third kappa shape index (κ3) is 4.23. The minimum atomic E-state index is 0.253. The second-order valence-electron chi connectivity index (χ2n) is 5.62. The molecule has 120 valence electrons. The topological polar surface area (TPSA) is 43.0 Å². The summed E-state index contributed by atoms with van der Waals surface area (Å²) in [5, 5.41) is 5.13. The summed E-state index contributed by atoms with van der Waals surface area (Å²) in [4.78, 5) is 5.25. The molecule has 2 aliphatic heterocycles. The number of rotatable bonds is 5. The lowest BCUT2D eigenvalue weighted by Crippen LogP contribution is -2.39. The molecule has 1 fully saturated rings. The molecule has 0 saturated carbocycles. The predicted molar refractivity (Wildman–Crippen MR) is 87.7 cm³/mol. The Bertz CT molecular complexity index is 544. The van der Waals surface area contributed by atoms with Crippen LogP contribution in [0.25, 0.3) is 0 Å². The van der Waals surface area contributed by atoms with Crippen LogP contribution in [-0.4, -0.2) is 51.1 Å². The highest BCUT2D eigenvalue weighted by Gasteiger charge is 2.15. The molecule has 2 heterocycles. The van der Waals surface area contributed by atoms with E-state index in [2.05, 4.69) is 33.4 Å². The molecule has 1 aromatic rings. The minimum absolute atomic E-state index is 0.253. The van der Waals surface area contributed by atoms with Gasteiger partial charge in [0.15, 0.2) is 0 Å². The highest BCUT2D eigenvalue weighted by molar-refractivity contribution is 9.10. The normalized spacial score (nSPS) is 22.3. The Hall–Kier alpha value is -1.08. The molecule has 0 spiro atoms. The highest BCUT2D eigenvalue weighted by Crippen LogP contribution is 2.27. The van der Waals surface area contributed by atoms with E-state index >= 15 is 0 Å². The quantitative estimate of drug-likeness (QED) is 0.862. The summed E-state index contributed by atoms with van der Waals surface area (Å²) in [5.74, 6) is 0.849. The molecular formula is C16H21BrN2O3. The number of likely N-dealkylation sites (N-methyl/N-ethyl adjacent to an activating group) is 1. The average Bonchev–Trinajstić information content (AvgIpc) is 2.93. The molecule has 1 aromatic carbocycles. The molecule has 0 unspecified atom stereocenters. The van der Waals surface area contributed by atoms with Crippen LogP contribution in [0.3, 0.4) is 0 Å². The molecule has 1 saturated heterocycles. The molecule has 1 atom stereocenters. The van der Waals surface area contributed by atoms with E-state index in [0.29, 0.717) is 6.61 Å². The van der Waals surface area contributed by atoms with Crippen molar-refractivity contribution in [2.45, 2.75) is 12.5 Å². The van der Waals surface area contributed by atoms with Crippen molar-refractivity contribution in [1.82, 2.24) is 10.4 Å². The second kappa shape index (κ2) is 7.46. The number of nitrogens with zero attached hydrogens (tertiary/aromatic N) is 1. The molecule has 0 radical (unpaired) electrons. The van der Waals surface area contributed by atoms with E-state index in [-0.39, 0.29) is 6.10 Å². The van der Waals surface area contributed by atoms with Crippen molar-refractivity contribution in [3.63, 3.8) is 0 Å². The summed E-state index contributed by atoms with van der Waals surface area (Å²) in [5.41, 5.74) is 2.37. The maximum atomic E-state index is 5.85. The third-order valence-electron chi connectivity index (χ3n) is 3.70. The van der Waals surface area contributed by atoms with E-state index in [1.54, 1.807) is 11.3 Å². The van der Waals surface area contributed by atoms with Crippen molar-refractivity contribution >= 4 is 15.9 Å². The molecule has 0 aromatic heterocycles. The average molecular weight is 369 g/mol. The summed E-state index contributed by atoms with van der Waals surface area (Å²) >= 11 is 3.59. The standard InChI is InChI=1S/C16H21BrN2O3/c1-19-9-13(11-22-19)10-21-16-3-2-12(7-15(16)17)6-14-8-18-4-5-20-14/h2-3,7,11,14,18H,4-6,8-10H2,1H3/t14-/m1/s1. The van der Waals surface area contributed by atoms with Crippen LogP contribution in [0.2, 0.25) is 0 Å². The molecule has 6 heteroatoms. The van der Waals surface area contributed by atoms with Crippen molar-refractivity contribution in [3.8, 4) is 5.75 Å². The van der Waals surface area contributed by atoms with Gasteiger partial charge in [-0.1, -0.05) is 6.07 Å². The summed E-state index contributed by atoms with van der Waals surface area (Å²) in [7, 11) is 1.90. The monoisotopic (exact) mass is 368 g/mol. The number of ether oxygens (including phenoxy) is 2. The largest absolute Gasteiger partial charge is 0.488 e. The van der Waals surface area contributed by atoms with Gasteiger partial charge in [0.2, 0.25) is 0 Å². The molecule has 0 amide bonds. The fourth-order valence-electron chi connectivity index (χ4n) is 2.58. The lowest BCUT2D eigenvalue weighted by molar-refractivity contribution is -0.0497. The zero-order valence-electron chi connectivity index (χ0n) is 12.7. The van der Waals surface area contributed by atoms with E-state index in [1.165, 1.54) is 5.56 Å². The number of hydrogen-bond donors (Lipinski definition) is 1. The van der Waals surface area contributed by atoms with Gasteiger partial charge in [-0.3, -0.25) is 0 Å². The van der Waals surface area contributed by atoms with Crippen molar-refractivity contribution in [2.75, 3.05) is 39.9 Å². The van der Waals surface area contributed by atoms with Crippen LogP contribution < -0.4 is 10.1 Å². The van der Waals surface area contributed by atoms with Crippen LogP contribution in [0, 0.1) is 0 Å². The van der Waals surface area contributed by atoms with Crippen LogP contribution in [0.4, 0.5) is 0 Å². The smallest absolute Gasteiger partial charge is 0.133 e. The summed E-state index contributed by atoms with van der Waals surface area (Å²) in [6.07, 6.45) is 2.91. The fraction of sp³-hybridized carbons (Fsp3) is 0.500. The molecule has 1 N–H and O–H groups in total. The third-order valence-corrected chi connectivity index (χ3v) is 4.32. The first-order valence-corrected chi connectivity index (χ1v) is 8.29. The number of halogens is 1. The van der Waals surface area contributed by atoms with Crippen LogP contribution in [0.5, 0.6) is 5.75 Å². The Morgan fingerprint density at radius 3 is 3.05 bits per heavy atom. The Labute approximate surface area is 139 Å². The number of benzene rings is 1. The zero-order valence-corrected chi connectivity index (χ0v) is 14.3. The van der Waals surface area contributed by atoms with Crippen LogP contribution in [0.15, 0.2) is 34.5 Å². The number of hydroxylamine groups is 2. The molecule has 5 nitrogen and oxygen atoms in total. The first-order valence-electron chi connectivity index (χ1n) is 7.50. The van der Waals surface area contributed by atoms with Crippen molar-refractivity contribution in [2.24, 2.45) is 0 Å². The molecule has 2 aliphatic rings. The van der Waals surface area contributed by atoms with Gasteiger partial charge in [0.05, 0.1) is 23.7 Å². The summed E-state index contributed by atoms with van der Waals surface area (Å²) in [6, 6.07) is 6.22. The maximum absolute atomic E-state index is 5.85. The van der Waals surface area contributed by atoms with E-state index in [1.807, 2.05) is 13.1 Å². The van der Waals surface area contributed by atoms with Crippen LogP contribution in [-0.2, 0) is 16.0 Å². The van der Waals surface area contributed by atoms with Gasteiger partial charge < -0.3 is 19.6 Å². The summed E-state index contributed by atoms with van der Waals surface area (Å²) < 4.78 is 12.6. The minimum Gasteiger partial charge on any atom is -0.488 e. The van der Waals surface area contributed by atoms with Gasteiger partial charge >= 0.3 is 0 Å². The SMILES string of the molecule is CN1CC(COc2ccc(C[C@@H]3CNCCO3)cc2Br)=CO1. The van der Waals surface area contributed by atoms with E-state index in [0.717, 1.165) is 48.5 Å². The first-order chi connectivity index (χ1) is 10.7. The second-order valence-corrected chi connectivity index (χ2v) is 6.48. The van der Waals surface area contributed by atoms with Crippen LogP contribution >= 0.6 is 15.9 Å². The Morgan fingerprint density at radius 2 is 2.36 bits per heavy atom. The van der Waals surface area contributed by atoms with Gasteiger partial charge in [-0.05, 0) is 40.0 Å². The fourth-order valence-corrected chi connectivity index (χ4v) is 3.12. The number of morpholine rings is 1. The Morgan fingerprint density at radius 1 is 1.45 bits per heavy atom. The molecule has 0 aliphatic carbocycles. The van der Waals surface area contributed by atoms with Gasteiger partial charge in [0.1, 0.15) is 18.6 Å². The lowest BCUT2D eigenvalue weighted by atomic mass is 10.1. The predicted octanol–water partition coefficient (Wildman–Crippen LogP) is 2.12. The van der Waals surface area contributed by atoms with Gasteiger partial charge in [-0.25, -0.2) is 0 Å². The Balaban J connectivity index is 1.55. The summed E-state index contributed by atoms with van der Waals surface area (Å²) in [6.45, 7) is 3.97. The zero-order chi connectivity index (χ0) is 15.4. The maximum Gasteiger partial charge on any atom is 0.133 e. The molecule has 0 bridgehead atoms. The molecular weight excluding hydrogens is 348 g/mol. The van der Waals surface area contributed by atoms with Crippen molar-refractivity contribution in [1.29, 1.82) is 0 Å². The van der Waals surface area contributed by atoms with Crippen molar-refractivity contribution < 1.29 is 14.3 Å². The van der Waals surface area contributed by atoms with E-state index in [9.17, 15) is 0 Å². The molecule has 3 rings (SSSR count). The van der Waals surface area contributed by atoms with E-state index < -0.39 is 0 Å². The van der Waals surface area contributed by atoms with Gasteiger partial charge in [-0.2, -0.15) is 0 Å². The first kappa shape index (κ1) is 15.8.